The van der Waals surface area contributed by atoms with Crippen LogP contribution in [0.15, 0.2) is 30.3 Å². The van der Waals surface area contributed by atoms with Crippen LogP contribution in [0.2, 0.25) is 0 Å². The van der Waals surface area contributed by atoms with Crippen molar-refractivity contribution in [1.82, 2.24) is 0 Å². The number of benzene rings is 1. The zero-order valence-electron chi connectivity index (χ0n) is 9.45. The van der Waals surface area contributed by atoms with Crippen LogP contribution in [0, 0.1) is 0 Å². The van der Waals surface area contributed by atoms with E-state index in [0.29, 0.717) is 0 Å². The third-order valence-corrected chi connectivity index (χ3v) is 1.48. The molecule has 0 aliphatic heterocycles. The summed E-state index contributed by atoms with van der Waals surface area (Å²) in [4.78, 5) is 0. The van der Waals surface area contributed by atoms with E-state index in [9.17, 15) is 5.11 Å². The van der Waals surface area contributed by atoms with Gasteiger partial charge in [0, 0.05) is 0 Å². The minimum absolute atomic E-state index is 0. The fraction of sp³-hybridized carbons (Fsp3) is 0.333. The molecule has 0 fully saturated rings. The fourth-order valence-corrected chi connectivity index (χ4v) is 0.846. The van der Waals surface area contributed by atoms with Gasteiger partial charge in [-0.25, -0.2) is 0 Å². The molecule has 1 N–H and O–H groups in total. The van der Waals surface area contributed by atoms with E-state index < -0.39 is 5.60 Å². The molecule has 0 bridgehead atoms. The van der Waals surface area contributed by atoms with Gasteiger partial charge in [0.15, 0.2) is 17.4 Å². The zero-order valence-corrected chi connectivity index (χ0v) is 9.68. The van der Waals surface area contributed by atoms with Gasteiger partial charge in [0.1, 0.15) is 0 Å². The van der Waals surface area contributed by atoms with E-state index in [0.717, 1.165) is 5.56 Å². The smallest absolute Gasteiger partial charge is 1.00 e. The molecule has 72 valence electrons. The molecule has 0 saturated heterocycles. The van der Waals surface area contributed by atoms with Gasteiger partial charge in [0.2, 0.25) is 0 Å². The Balaban J connectivity index is -0.0000000667. The van der Waals surface area contributed by atoms with E-state index in [4.69, 9.17) is 0 Å². The molecule has 0 aromatic heterocycles. The first-order chi connectivity index (χ1) is 4.61. The second-order valence-electron chi connectivity index (χ2n) is 2.93. The molecule has 1 rings (SSSR count). The van der Waals surface area contributed by atoms with Crippen molar-refractivity contribution in [3.05, 3.63) is 35.9 Å². The van der Waals surface area contributed by atoms with Gasteiger partial charge in [-0.05, 0) is 19.4 Å². The Morgan fingerprint density at radius 1 is 1.15 bits per heavy atom. The second-order valence-corrected chi connectivity index (χ2v) is 2.93. The summed E-state index contributed by atoms with van der Waals surface area (Å²) >= 11 is 0. The van der Waals surface area contributed by atoms with Gasteiger partial charge < -0.3 is 7.96 Å². The van der Waals surface area contributed by atoms with E-state index in [-0.39, 0.29) is 55.7 Å². The summed E-state index contributed by atoms with van der Waals surface area (Å²) < 4.78 is 0. The topological polar surface area (TPSA) is 20.2 Å². The monoisotopic (exact) mass is 228 g/mol. The third-order valence-electron chi connectivity index (χ3n) is 1.48. The van der Waals surface area contributed by atoms with Crippen molar-refractivity contribution in [2.24, 2.45) is 0 Å². The van der Waals surface area contributed by atoms with Gasteiger partial charge in [-0.3, -0.25) is 0 Å². The van der Waals surface area contributed by atoms with Crippen LogP contribution in [0.5, 0.6) is 0 Å². The van der Waals surface area contributed by atoms with Gasteiger partial charge >= 0.3 is 23.1 Å². The van der Waals surface area contributed by atoms with E-state index in [2.05, 4.69) is 0 Å². The van der Waals surface area contributed by atoms with Crippen LogP contribution in [0.1, 0.15) is 22.3 Å². The van der Waals surface area contributed by atoms with Gasteiger partial charge in [-0.15, -0.1) is 12.4 Å². The summed E-state index contributed by atoms with van der Waals surface area (Å²) in [6.45, 7) is 3.56. The molecule has 0 amide bonds. The van der Waals surface area contributed by atoms with Crippen molar-refractivity contribution in [3.8, 4) is 0 Å². The Labute approximate surface area is 116 Å². The van der Waals surface area contributed by atoms with Crippen LogP contribution >= 0.6 is 12.4 Å². The normalized spacial score (nSPS) is 8.85. The van der Waals surface area contributed by atoms with E-state index in [1.807, 2.05) is 30.3 Å². The standard InChI is InChI=1S/C9H12O.Al.ClH.Mg.5H/c1-9(2,10)8-6-4-3-5-7-8;;;;;;;;/h3-7,10H,1-2H3;;1H;;;;;;/q;;;+2;;;;2*-1. The molecule has 4 heteroatoms. The van der Waals surface area contributed by atoms with Crippen LogP contribution in [0.25, 0.3) is 0 Å². The average Bonchev–Trinajstić information content (AvgIpc) is 1.88. The largest absolute Gasteiger partial charge is 2.00 e. The van der Waals surface area contributed by atoms with Gasteiger partial charge in [-0.1, -0.05) is 30.3 Å². The molecule has 0 saturated carbocycles. The molecular formula is C9H18AlClMgO. The summed E-state index contributed by atoms with van der Waals surface area (Å²) in [5, 5.41) is 9.49. The van der Waals surface area contributed by atoms with Crippen molar-refractivity contribution in [3.63, 3.8) is 0 Å². The summed E-state index contributed by atoms with van der Waals surface area (Å²) in [5.41, 5.74) is 0.247. The van der Waals surface area contributed by atoms with Crippen molar-refractivity contribution in [1.29, 1.82) is 0 Å². The quantitative estimate of drug-likeness (QED) is 0.712. The van der Waals surface area contributed by atoms with E-state index in [1.54, 1.807) is 13.8 Å². The maximum absolute atomic E-state index is 9.49. The molecule has 0 aliphatic rings. The van der Waals surface area contributed by atoms with Gasteiger partial charge in [0.05, 0.1) is 5.60 Å². The van der Waals surface area contributed by atoms with Crippen molar-refractivity contribution < 1.29 is 7.96 Å². The van der Waals surface area contributed by atoms with E-state index >= 15 is 0 Å². The molecule has 0 atom stereocenters. The Bertz CT molecular complexity index is 219. The first-order valence-corrected chi connectivity index (χ1v) is 3.38. The van der Waals surface area contributed by atoms with E-state index in [1.165, 1.54) is 0 Å². The summed E-state index contributed by atoms with van der Waals surface area (Å²) in [5.74, 6) is 0. The van der Waals surface area contributed by atoms with Gasteiger partial charge in [-0.2, -0.15) is 0 Å². The number of aliphatic hydroxyl groups is 1. The summed E-state index contributed by atoms with van der Waals surface area (Å²) in [7, 11) is 0. The zero-order chi connectivity index (χ0) is 7.61. The van der Waals surface area contributed by atoms with Crippen LogP contribution < -0.4 is 0 Å². The fourth-order valence-electron chi connectivity index (χ4n) is 0.846. The van der Waals surface area contributed by atoms with Crippen LogP contribution in [0.4, 0.5) is 0 Å². The maximum atomic E-state index is 9.49. The van der Waals surface area contributed by atoms with Crippen molar-refractivity contribution >= 4 is 52.8 Å². The molecule has 1 aromatic carbocycles. The predicted molar refractivity (Wildman–Crippen MR) is 66.9 cm³/mol. The first kappa shape index (κ1) is 19.4. The Morgan fingerprint density at radius 3 is 1.77 bits per heavy atom. The minimum Gasteiger partial charge on any atom is -1.00 e. The second kappa shape index (κ2) is 8.11. The SMILES string of the molecule is CC(C)(O)c1ccccc1.Cl.[AlH3].[H-].[H-].[Mg+2]. The molecule has 0 unspecified atom stereocenters. The number of hydrogen-bond donors (Lipinski definition) is 1. The Hall–Kier alpha value is 0.769. The molecule has 0 heterocycles. The van der Waals surface area contributed by atoms with Gasteiger partial charge in [0.25, 0.3) is 0 Å². The minimum atomic E-state index is -0.707. The molecule has 1 nitrogen and oxygen atoms in total. The maximum Gasteiger partial charge on any atom is 2.00 e. The molecule has 0 spiro atoms. The van der Waals surface area contributed by atoms with Crippen LogP contribution in [-0.4, -0.2) is 45.5 Å². The summed E-state index contributed by atoms with van der Waals surface area (Å²) in [6, 6.07) is 9.62. The number of halogens is 1. The van der Waals surface area contributed by atoms with Crippen LogP contribution in [0.3, 0.4) is 0 Å². The Morgan fingerprint density at radius 2 is 1.54 bits per heavy atom. The summed E-state index contributed by atoms with van der Waals surface area (Å²) in [6.07, 6.45) is 0. The molecule has 1 aromatic rings. The molecule has 0 aliphatic carbocycles. The van der Waals surface area contributed by atoms with Crippen LogP contribution in [-0.2, 0) is 5.60 Å². The predicted octanol–water partition coefficient (Wildman–Crippen LogP) is 0.996. The van der Waals surface area contributed by atoms with Crippen molar-refractivity contribution in [2.45, 2.75) is 19.4 Å². The molecule has 0 radical (unpaired) electrons. The number of hydrogen-bond acceptors (Lipinski definition) is 1. The average molecular weight is 229 g/mol. The molecular weight excluding hydrogens is 211 g/mol. The first-order valence-electron chi connectivity index (χ1n) is 3.38. The Kier molecular flexibility index (Phi) is 12.1. The van der Waals surface area contributed by atoms with Crippen molar-refractivity contribution in [2.75, 3.05) is 0 Å². The number of rotatable bonds is 1. The third kappa shape index (κ3) is 6.79. The molecule has 13 heavy (non-hydrogen) atoms.